The van der Waals surface area contributed by atoms with E-state index in [4.69, 9.17) is 0 Å². The number of piperidine rings is 1. The first kappa shape index (κ1) is 18.3. The third-order valence-electron chi connectivity index (χ3n) is 8.04. The van der Waals surface area contributed by atoms with E-state index in [1.807, 2.05) is 0 Å². The smallest absolute Gasteiger partial charge is 0.0125 e. The lowest BCUT2D eigenvalue weighted by molar-refractivity contribution is -0.0815. The third kappa shape index (κ3) is 3.41. The molecule has 3 heterocycles. The fourth-order valence-electron chi connectivity index (χ4n) is 6.16. The van der Waals surface area contributed by atoms with Crippen molar-refractivity contribution in [2.75, 3.05) is 39.3 Å². The average Bonchev–Trinajstić information content (AvgIpc) is 3.01. The molecule has 0 aromatic carbocycles. The van der Waals surface area contributed by atoms with E-state index < -0.39 is 0 Å². The van der Waals surface area contributed by atoms with Gasteiger partial charge < -0.3 is 0 Å². The lowest BCUT2D eigenvalue weighted by Gasteiger charge is -2.57. The van der Waals surface area contributed by atoms with Crippen LogP contribution in [0, 0.1) is 17.3 Å². The van der Waals surface area contributed by atoms with Gasteiger partial charge in [0.25, 0.3) is 0 Å². The molecule has 3 aliphatic heterocycles. The van der Waals surface area contributed by atoms with Gasteiger partial charge >= 0.3 is 0 Å². The molecule has 0 amide bonds. The molecule has 2 unspecified atom stereocenters. The van der Waals surface area contributed by atoms with Gasteiger partial charge in [-0.25, -0.2) is 0 Å². The monoisotopic (exact) mass is 347 g/mol. The predicted molar refractivity (Wildman–Crippen MR) is 106 cm³/mol. The molecule has 0 aromatic rings. The van der Waals surface area contributed by atoms with Crippen LogP contribution in [0.25, 0.3) is 0 Å². The lowest BCUT2D eigenvalue weighted by Crippen LogP contribution is -2.63. The van der Waals surface area contributed by atoms with Crippen molar-refractivity contribution >= 4 is 0 Å². The summed E-state index contributed by atoms with van der Waals surface area (Å²) in [6.45, 7) is 22.4. The van der Waals surface area contributed by atoms with Crippen LogP contribution in [0.15, 0.2) is 0 Å². The maximum absolute atomic E-state index is 2.87. The van der Waals surface area contributed by atoms with Crippen molar-refractivity contribution in [3.63, 3.8) is 0 Å². The quantitative estimate of drug-likeness (QED) is 0.716. The fraction of sp³-hybridized carbons (Fsp3) is 1.00. The van der Waals surface area contributed by atoms with Crippen LogP contribution in [0.3, 0.4) is 0 Å². The highest BCUT2D eigenvalue weighted by Crippen LogP contribution is 2.48. The number of likely N-dealkylation sites (tertiary alicyclic amines) is 3. The third-order valence-corrected chi connectivity index (χ3v) is 8.04. The number of fused-ring (bicyclic) bond motifs is 1. The maximum atomic E-state index is 2.87. The van der Waals surface area contributed by atoms with Gasteiger partial charge in [0.05, 0.1) is 0 Å². The minimum absolute atomic E-state index is 0.354. The highest BCUT2D eigenvalue weighted by molar-refractivity contribution is 5.05. The van der Waals surface area contributed by atoms with Gasteiger partial charge in [0.2, 0.25) is 0 Å². The average molecular weight is 348 g/mol. The number of nitrogens with zero attached hydrogens (tertiary/aromatic N) is 3. The molecule has 1 spiro atoms. The number of hydrogen-bond donors (Lipinski definition) is 0. The minimum atomic E-state index is 0.354. The van der Waals surface area contributed by atoms with Gasteiger partial charge in [-0.1, -0.05) is 0 Å². The molecule has 1 aliphatic carbocycles. The molecule has 4 fully saturated rings. The second-order valence-electron chi connectivity index (χ2n) is 11.8. The van der Waals surface area contributed by atoms with Gasteiger partial charge in [0.1, 0.15) is 0 Å². The van der Waals surface area contributed by atoms with Gasteiger partial charge in [-0.3, -0.25) is 14.7 Å². The molecule has 0 aromatic heterocycles. The van der Waals surface area contributed by atoms with E-state index in [-0.39, 0.29) is 0 Å². The van der Waals surface area contributed by atoms with Gasteiger partial charge in [-0.05, 0) is 97.6 Å². The lowest BCUT2D eigenvalue weighted by atomic mass is 9.70. The van der Waals surface area contributed by atoms with Crippen molar-refractivity contribution in [1.29, 1.82) is 0 Å². The van der Waals surface area contributed by atoms with Crippen LogP contribution in [0.4, 0.5) is 0 Å². The minimum Gasteiger partial charge on any atom is -0.299 e. The van der Waals surface area contributed by atoms with Gasteiger partial charge in [0, 0.05) is 43.3 Å². The molecule has 0 N–H and O–H groups in total. The first-order valence-corrected chi connectivity index (χ1v) is 10.8. The molecule has 3 saturated heterocycles. The second kappa shape index (κ2) is 5.94. The largest absolute Gasteiger partial charge is 0.299 e. The molecule has 144 valence electrons. The van der Waals surface area contributed by atoms with E-state index in [1.54, 1.807) is 0 Å². The van der Waals surface area contributed by atoms with E-state index >= 15 is 0 Å². The van der Waals surface area contributed by atoms with Crippen LogP contribution >= 0.6 is 0 Å². The molecule has 3 nitrogen and oxygen atoms in total. The molecule has 2 atom stereocenters. The van der Waals surface area contributed by atoms with Crippen LogP contribution < -0.4 is 0 Å². The van der Waals surface area contributed by atoms with Gasteiger partial charge in [-0.15, -0.1) is 0 Å². The Morgan fingerprint density at radius 2 is 1.20 bits per heavy atom. The summed E-state index contributed by atoms with van der Waals surface area (Å²) in [5.74, 6) is 1.95. The van der Waals surface area contributed by atoms with E-state index in [0.29, 0.717) is 16.5 Å². The molecule has 3 heteroatoms. The normalized spacial score (nSPS) is 37.4. The highest BCUT2D eigenvalue weighted by Gasteiger charge is 2.51. The topological polar surface area (TPSA) is 9.72 Å². The molecule has 0 bridgehead atoms. The summed E-state index contributed by atoms with van der Waals surface area (Å²) >= 11 is 0. The fourth-order valence-corrected chi connectivity index (χ4v) is 6.16. The first-order valence-electron chi connectivity index (χ1n) is 10.8. The maximum Gasteiger partial charge on any atom is 0.0125 e. The molecule has 25 heavy (non-hydrogen) atoms. The molecule has 4 rings (SSSR count). The Bertz CT molecular complexity index is 470. The van der Waals surface area contributed by atoms with Crippen molar-refractivity contribution < 1.29 is 0 Å². The van der Waals surface area contributed by atoms with Gasteiger partial charge in [0.15, 0.2) is 0 Å². The second-order valence-corrected chi connectivity index (χ2v) is 11.8. The predicted octanol–water partition coefficient (Wildman–Crippen LogP) is 3.69. The summed E-state index contributed by atoms with van der Waals surface area (Å²) in [6, 6.07) is 0.906. The zero-order valence-corrected chi connectivity index (χ0v) is 17.6. The molecule has 4 aliphatic rings. The van der Waals surface area contributed by atoms with Crippen molar-refractivity contribution in [1.82, 2.24) is 14.7 Å². The molecular formula is C22H41N3. The van der Waals surface area contributed by atoms with Crippen LogP contribution in [-0.2, 0) is 0 Å². The van der Waals surface area contributed by atoms with E-state index in [0.717, 1.165) is 17.9 Å². The Morgan fingerprint density at radius 3 is 1.64 bits per heavy atom. The first-order chi connectivity index (χ1) is 11.6. The summed E-state index contributed by atoms with van der Waals surface area (Å²) < 4.78 is 0. The van der Waals surface area contributed by atoms with E-state index in [2.05, 4.69) is 56.2 Å². The zero-order valence-electron chi connectivity index (χ0n) is 17.6. The highest BCUT2D eigenvalue weighted by atomic mass is 15.3. The van der Waals surface area contributed by atoms with Crippen LogP contribution in [0.2, 0.25) is 0 Å². The van der Waals surface area contributed by atoms with Crippen molar-refractivity contribution in [3.8, 4) is 0 Å². The number of rotatable bonds is 1. The summed E-state index contributed by atoms with van der Waals surface area (Å²) in [4.78, 5) is 8.30. The van der Waals surface area contributed by atoms with Crippen molar-refractivity contribution in [2.45, 2.75) is 84.3 Å². The van der Waals surface area contributed by atoms with Crippen LogP contribution in [0.1, 0.15) is 67.2 Å². The van der Waals surface area contributed by atoms with Crippen LogP contribution in [0.5, 0.6) is 0 Å². The Hall–Kier alpha value is -0.120. The Kier molecular flexibility index (Phi) is 4.34. The Balaban J connectivity index is 1.25. The molecule has 0 radical (unpaired) electrons. The zero-order chi connectivity index (χ0) is 18.0. The summed E-state index contributed by atoms with van der Waals surface area (Å²) in [7, 11) is 0. The van der Waals surface area contributed by atoms with Gasteiger partial charge in [-0.2, -0.15) is 0 Å². The van der Waals surface area contributed by atoms with E-state index in [1.165, 1.54) is 65.0 Å². The van der Waals surface area contributed by atoms with E-state index in [9.17, 15) is 0 Å². The standard InChI is InChI=1S/C22H41N3/c1-20(2,3)24-9-7-22(8-10-24)15-23(16-22)19-11-17-13-25(21(4,5)6)14-18(17)12-19/h17-19H,7-16H2,1-6H3. The number of hydrogen-bond acceptors (Lipinski definition) is 3. The summed E-state index contributed by atoms with van der Waals surface area (Å²) in [5.41, 5.74) is 1.39. The molecular weight excluding hydrogens is 306 g/mol. The SMILES string of the molecule is CC(C)(C)N1CCC2(CC1)CN(C1CC3CN(C(C)(C)C)CC3C1)C2. The summed E-state index contributed by atoms with van der Waals surface area (Å²) in [5, 5.41) is 0. The Morgan fingerprint density at radius 1 is 0.720 bits per heavy atom. The van der Waals surface area contributed by atoms with Crippen LogP contribution in [-0.4, -0.2) is 71.1 Å². The Labute approximate surface area is 156 Å². The summed E-state index contributed by atoms with van der Waals surface area (Å²) in [6.07, 6.45) is 5.80. The van der Waals surface area contributed by atoms with Crippen molar-refractivity contribution in [3.05, 3.63) is 0 Å². The van der Waals surface area contributed by atoms with Crippen molar-refractivity contribution in [2.24, 2.45) is 17.3 Å². The molecule has 1 saturated carbocycles.